The molecule has 1 unspecified atom stereocenters. The van der Waals surface area contributed by atoms with E-state index in [0.717, 1.165) is 25.6 Å². The van der Waals surface area contributed by atoms with Gasteiger partial charge in [0.05, 0.1) is 6.61 Å². The molecule has 0 amide bonds. The van der Waals surface area contributed by atoms with Crippen LogP contribution in [0.1, 0.15) is 25.3 Å². The first kappa shape index (κ1) is 15.5. The van der Waals surface area contributed by atoms with E-state index in [1.165, 1.54) is 5.56 Å². The predicted octanol–water partition coefficient (Wildman–Crippen LogP) is 1.99. The van der Waals surface area contributed by atoms with Crippen molar-refractivity contribution < 1.29 is 4.74 Å². The zero-order valence-corrected chi connectivity index (χ0v) is 12.1. The molecule has 1 rings (SSSR count). The molecule has 19 heavy (non-hydrogen) atoms. The molecule has 0 heterocycles. The molecule has 1 aromatic rings. The van der Waals surface area contributed by atoms with Gasteiger partial charge in [-0.2, -0.15) is 0 Å². The Hall–Kier alpha value is -1.55. The first-order valence-electron chi connectivity index (χ1n) is 6.84. The highest BCUT2D eigenvalue weighted by Gasteiger charge is 2.04. The molecule has 1 aromatic carbocycles. The molecule has 2 N–H and O–H groups in total. The minimum absolute atomic E-state index is 0.416. The Kier molecular flexibility index (Phi) is 7.66. The lowest BCUT2D eigenvalue weighted by atomic mass is 10.0. The standard InChI is InChI=1S/C15H25N3O/c1-4-16-15(17-10-11-19-3)18-12-13(2)14-8-6-5-7-9-14/h5-9,13H,4,10-12H2,1-3H3,(H2,16,17,18). The van der Waals surface area contributed by atoms with Crippen LogP contribution in [0.3, 0.4) is 0 Å². The number of guanidine groups is 1. The number of hydrogen-bond donors (Lipinski definition) is 2. The van der Waals surface area contributed by atoms with Gasteiger partial charge in [0.25, 0.3) is 0 Å². The van der Waals surface area contributed by atoms with Crippen LogP contribution in [0.25, 0.3) is 0 Å². The highest BCUT2D eigenvalue weighted by atomic mass is 16.5. The molecule has 0 radical (unpaired) electrons. The maximum atomic E-state index is 5.02. The summed E-state index contributed by atoms with van der Waals surface area (Å²) in [6.45, 7) is 7.33. The Labute approximate surface area is 116 Å². The molecular weight excluding hydrogens is 238 g/mol. The van der Waals surface area contributed by atoms with Crippen molar-refractivity contribution >= 4 is 5.96 Å². The summed E-state index contributed by atoms with van der Waals surface area (Å²) in [5, 5.41) is 6.47. The van der Waals surface area contributed by atoms with Crippen LogP contribution in [0.2, 0.25) is 0 Å². The van der Waals surface area contributed by atoms with Crippen molar-refractivity contribution in [3.63, 3.8) is 0 Å². The number of benzene rings is 1. The summed E-state index contributed by atoms with van der Waals surface area (Å²) in [5.74, 6) is 1.27. The number of rotatable bonds is 7. The molecule has 0 aliphatic rings. The minimum atomic E-state index is 0.416. The molecule has 0 spiro atoms. The van der Waals surface area contributed by atoms with Crippen LogP contribution < -0.4 is 10.6 Å². The molecule has 106 valence electrons. The number of hydrogen-bond acceptors (Lipinski definition) is 2. The predicted molar refractivity (Wildman–Crippen MR) is 80.7 cm³/mol. The van der Waals surface area contributed by atoms with E-state index in [4.69, 9.17) is 4.74 Å². The largest absolute Gasteiger partial charge is 0.383 e. The van der Waals surface area contributed by atoms with Crippen molar-refractivity contribution in [2.45, 2.75) is 19.8 Å². The molecular formula is C15H25N3O. The van der Waals surface area contributed by atoms with E-state index in [-0.39, 0.29) is 0 Å². The van der Waals surface area contributed by atoms with Gasteiger partial charge in [0.1, 0.15) is 0 Å². The van der Waals surface area contributed by atoms with Gasteiger partial charge in [0.15, 0.2) is 5.96 Å². The lowest BCUT2D eigenvalue weighted by molar-refractivity contribution is 0.203. The summed E-state index contributed by atoms with van der Waals surface area (Å²) >= 11 is 0. The molecule has 0 bridgehead atoms. The number of methoxy groups -OCH3 is 1. The van der Waals surface area contributed by atoms with E-state index in [0.29, 0.717) is 12.5 Å². The second-order valence-corrected chi connectivity index (χ2v) is 4.45. The van der Waals surface area contributed by atoms with Gasteiger partial charge in [0, 0.05) is 32.7 Å². The lowest BCUT2D eigenvalue weighted by Gasteiger charge is -2.13. The van der Waals surface area contributed by atoms with Crippen LogP contribution in [0.15, 0.2) is 35.3 Å². The Morgan fingerprint density at radius 1 is 1.26 bits per heavy atom. The molecule has 0 saturated heterocycles. The topological polar surface area (TPSA) is 45.7 Å². The van der Waals surface area contributed by atoms with Crippen molar-refractivity contribution in [2.75, 3.05) is 33.4 Å². The van der Waals surface area contributed by atoms with Gasteiger partial charge >= 0.3 is 0 Å². The van der Waals surface area contributed by atoms with Gasteiger partial charge in [-0.25, -0.2) is 0 Å². The van der Waals surface area contributed by atoms with Crippen LogP contribution in [0, 0.1) is 0 Å². The average molecular weight is 263 g/mol. The first-order valence-corrected chi connectivity index (χ1v) is 6.84. The molecule has 0 aromatic heterocycles. The van der Waals surface area contributed by atoms with E-state index >= 15 is 0 Å². The summed E-state index contributed by atoms with van der Waals surface area (Å²) in [5.41, 5.74) is 1.32. The molecule has 0 saturated carbocycles. The molecule has 0 aliphatic carbocycles. The third-order valence-corrected chi connectivity index (χ3v) is 2.83. The van der Waals surface area contributed by atoms with E-state index < -0.39 is 0 Å². The summed E-state index contributed by atoms with van der Waals surface area (Å²) in [6.07, 6.45) is 0. The average Bonchev–Trinajstić information content (AvgIpc) is 2.45. The van der Waals surface area contributed by atoms with Crippen molar-refractivity contribution in [3.8, 4) is 0 Å². The second-order valence-electron chi connectivity index (χ2n) is 4.45. The molecule has 1 atom stereocenters. The Balaban J connectivity index is 2.49. The van der Waals surface area contributed by atoms with Crippen LogP contribution in [-0.4, -0.2) is 39.3 Å². The minimum Gasteiger partial charge on any atom is -0.383 e. The number of nitrogens with zero attached hydrogens (tertiary/aromatic N) is 1. The van der Waals surface area contributed by atoms with Crippen molar-refractivity contribution in [1.82, 2.24) is 10.6 Å². The van der Waals surface area contributed by atoms with Gasteiger partial charge in [-0.05, 0) is 12.5 Å². The lowest BCUT2D eigenvalue weighted by Crippen LogP contribution is -2.39. The van der Waals surface area contributed by atoms with Crippen LogP contribution in [-0.2, 0) is 4.74 Å². The van der Waals surface area contributed by atoms with Gasteiger partial charge in [-0.3, -0.25) is 4.99 Å². The Morgan fingerprint density at radius 2 is 2.00 bits per heavy atom. The third-order valence-electron chi connectivity index (χ3n) is 2.83. The SMILES string of the molecule is CCNC(=NCC(C)c1ccccc1)NCCOC. The van der Waals surface area contributed by atoms with E-state index in [9.17, 15) is 0 Å². The zero-order valence-electron chi connectivity index (χ0n) is 12.1. The van der Waals surface area contributed by atoms with Gasteiger partial charge < -0.3 is 15.4 Å². The van der Waals surface area contributed by atoms with Crippen LogP contribution in [0.5, 0.6) is 0 Å². The fraction of sp³-hybridized carbons (Fsp3) is 0.533. The van der Waals surface area contributed by atoms with Crippen LogP contribution >= 0.6 is 0 Å². The number of ether oxygens (including phenoxy) is 1. The summed E-state index contributed by atoms with van der Waals surface area (Å²) in [4.78, 5) is 4.60. The van der Waals surface area contributed by atoms with Crippen LogP contribution in [0.4, 0.5) is 0 Å². The highest BCUT2D eigenvalue weighted by molar-refractivity contribution is 5.79. The molecule has 4 nitrogen and oxygen atoms in total. The highest BCUT2D eigenvalue weighted by Crippen LogP contribution is 2.14. The Morgan fingerprint density at radius 3 is 2.63 bits per heavy atom. The van der Waals surface area contributed by atoms with Crippen molar-refractivity contribution in [1.29, 1.82) is 0 Å². The maximum absolute atomic E-state index is 5.02. The maximum Gasteiger partial charge on any atom is 0.191 e. The normalized spacial score (nSPS) is 13.1. The van der Waals surface area contributed by atoms with E-state index in [2.05, 4.69) is 53.7 Å². The molecule has 4 heteroatoms. The fourth-order valence-corrected chi connectivity index (χ4v) is 1.73. The van der Waals surface area contributed by atoms with E-state index in [1.807, 2.05) is 6.07 Å². The van der Waals surface area contributed by atoms with Gasteiger partial charge in [-0.15, -0.1) is 0 Å². The van der Waals surface area contributed by atoms with E-state index in [1.54, 1.807) is 7.11 Å². The summed E-state index contributed by atoms with van der Waals surface area (Å²) in [6, 6.07) is 10.5. The van der Waals surface area contributed by atoms with Crippen molar-refractivity contribution in [3.05, 3.63) is 35.9 Å². The third kappa shape index (κ3) is 6.25. The van der Waals surface area contributed by atoms with Gasteiger partial charge in [0.2, 0.25) is 0 Å². The fourth-order valence-electron chi connectivity index (χ4n) is 1.73. The summed E-state index contributed by atoms with van der Waals surface area (Å²) < 4.78 is 5.02. The van der Waals surface area contributed by atoms with Crippen molar-refractivity contribution in [2.24, 2.45) is 4.99 Å². The smallest absolute Gasteiger partial charge is 0.191 e. The monoisotopic (exact) mass is 263 g/mol. The quantitative estimate of drug-likeness (QED) is 0.449. The first-order chi connectivity index (χ1) is 9.27. The number of nitrogens with one attached hydrogen (secondary N) is 2. The molecule has 0 fully saturated rings. The van der Waals surface area contributed by atoms with Gasteiger partial charge in [-0.1, -0.05) is 37.3 Å². The second kappa shape index (κ2) is 9.39. The Bertz CT molecular complexity index is 365. The summed E-state index contributed by atoms with van der Waals surface area (Å²) in [7, 11) is 1.70. The number of aliphatic imine (C=N–C) groups is 1. The molecule has 0 aliphatic heterocycles. The zero-order chi connectivity index (χ0) is 13.9.